The second kappa shape index (κ2) is 8.63. The summed E-state index contributed by atoms with van der Waals surface area (Å²) in [7, 11) is 3.90. The number of anilines is 1. The third-order valence-corrected chi connectivity index (χ3v) is 4.12. The predicted molar refractivity (Wildman–Crippen MR) is 98.3 cm³/mol. The number of benzene rings is 1. The maximum absolute atomic E-state index is 5.53. The van der Waals surface area contributed by atoms with Crippen molar-refractivity contribution in [2.75, 3.05) is 39.3 Å². The minimum absolute atomic E-state index is 0.703. The van der Waals surface area contributed by atoms with Crippen LogP contribution in [0.15, 0.2) is 36.2 Å². The minimum Gasteiger partial charge on any atom is -0.393 e. The molecule has 1 aliphatic rings. The molecule has 0 unspecified atom stereocenters. The topological polar surface area (TPSA) is 36.5 Å². The van der Waals surface area contributed by atoms with Gasteiger partial charge in [-0.3, -0.25) is 0 Å². The Balaban J connectivity index is 2.40. The number of nitrogens with one attached hydrogen (secondary N) is 2. The maximum atomic E-state index is 5.53. The SMILES string of the molecule is CCC/C(=C\C(=C/NC)c1cc(NC)ccc1C)N1CCOC1. The molecule has 0 saturated carbocycles. The molecular weight excluding hydrogens is 286 g/mol. The highest BCUT2D eigenvalue weighted by Crippen LogP contribution is 2.27. The van der Waals surface area contributed by atoms with E-state index in [1.54, 1.807) is 0 Å². The Hall–Kier alpha value is -1.94. The zero-order valence-corrected chi connectivity index (χ0v) is 14.8. The van der Waals surface area contributed by atoms with E-state index in [0.29, 0.717) is 6.73 Å². The van der Waals surface area contributed by atoms with Crippen molar-refractivity contribution in [2.45, 2.75) is 26.7 Å². The van der Waals surface area contributed by atoms with Gasteiger partial charge in [-0.05, 0) is 48.3 Å². The molecule has 126 valence electrons. The van der Waals surface area contributed by atoms with Crippen molar-refractivity contribution in [2.24, 2.45) is 0 Å². The standard InChI is InChI=1S/C19H29N3O/c1-5-6-18(22-9-10-23-14-22)11-16(13-20-3)19-12-17(21-4)8-7-15(19)2/h7-8,11-13,20-21H,5-6,9-10,14H2,1-4H3/b16-13+,18-11+. The largest absolute Gasteiger partial charge is 0.393 e. The van der Waals surface area contributed by atoms with Gasteiger partial charge >= 0.3 is 0 Å². The van der Waals surface area contributed by atoms with E-state index in [1.807, 2.05) is 14.1 Å². The average Bonchev–Trinajstić information content (AvgIpc) is 3.09. The third-order valence-electron chi connectivity index (χ3n) is 4.12. The molecule has 0 bridgehead atoms. The van der Waals surface area contributed by atoms with Gasteiger partial charge in [-0.15, -0.1) is 0 Å². The van der Waals surface area contributed by atoms with E-state index in [1.165, 1.54) is 22.4 Å². The van der Waals surface area contributed by atoms with Gasteiger partial charge in [-0.25, -0.2) is 0 Å². The number of nitrogens with zero attached hydrogens (tertiary/aromatic N) is 1. The van der Waals surface area contributed by atoms with Crippen LogP contribution in [0, 0.1) is 6.92 Å². The maximum Gasteiger partial charge on any atom is 0.118 e. The van der Waals surface area contributed by atoms with E-state index in [9.17, 15) is 0 Å². The number of hydrogen-bond acceptors (Lipinski definition) is 4. The van der Waals surface area contributed by atoms with Gasteiger partial charge in [0.05, 0.1) is 6.61 Å². The Morgan fingerprint density at radius 2 is 2.17 bits per heavy atom. The molecule has 1 fully saturated rings. The summed E-state index contributed by atoms with van der Waals surface area (Å²) >= 11 is 0. The zero-order valence-electron chi connectivity index (χ0n) is 14.8. The summed E-state index contributed by atoms with van der Waals surface area (Å²) in [4.78, 5) is 2.34. The summed E-state index contributed by atoms with van der Waals surface area (Å²) in [6.45, 7) is 6.88. The summed E-state index contributed by atoms with van der Waals surface area (Å²) in [6.07, 6.45) is 6.57. The van der Waals surface area contributed by atoms with Crippen molar-refractivity contribution in [1.82, 2.24) is 10.2 Å². The molecule has 1 heterocycles. The third kappa shape index (κ3) is 4.52. The molecular formula is C19H29N3O. The highest BCUT2D eigenvalue weighted by atomic mass is 16.5. The summed E-state index contributed by atoms with van der Waals surface area (Å²) < 4.78 is 5.53. The Morgan fingerprint density at radius 3 is 2.78 bits per heavy atom. The second-order valence-electron chi connectivity index (χ2n) is 5.85. The van der Waals surface area contributed by atoms with Crippen molar-refractivity contribution in [3.63, 3.8) is 0 Å². The summed E-state index contributed by atoms with van der Waals surface area (Å²) in [6, 6.07) is 6.48. The lowest BCUT2D eigenvalue weighted by Crippen LogP contribution is -2.19. The monoisotopic (exact) mass is 315 g/mol. The molecule has 4 nitrogen and oxygen atoms in total. The molecule has 23 heavy (non-hydrogen) atoms. The van der Waals surface area contributed by atoms with Gasteiger partial charge < -0.3 is 20.3 Å². The quantitative estimate of drug-likeness (QED) is 0.754. The minimum atomic E-state index is 0.703. The summed E-state index contributed by atoms with van der Waals surface area (Å²) in [5.74, 6) is 0. The fourth-order valence-electron chi connectivity index (χ4n) is 2.84. The number of rotatable bonds is 7. The molecule has 0 spiro atoms. The van der Waals surface area contributed by atoms with Crippen LogP contribution < -0.4 is 10.6 Å². The lowest BCUT2D eigenvalue weighted by Gasteiger charge is -2.21. The number of hydrogen-bond donors (Lipinski definition) is 2. The zero-order chi connectivity index (χ0) is 16.7. The number of allylic oxidation sites excluding steroid dienone is 3. The molecule has 0 amide bonds. The van der Waals surface area contributed by atoms with Crippen LogP contribution in [0.5, 0.6) is 0 Å². The molecule has 1 aliphatic heterocycles. The van der Waals surface area contributed by atoms with Crippen molar-refractivity contribution >= 4 is 11.3 Å². The normalized spacial score (nSPS) is 15.9. The van der Waals surface area contributed by atoms with Crippen molar-refractivity contribution in [3.05, 3.63) is 47.3 Å². The van der Waals surface area contributed by atoms with E-state index in [-0.39, 0.29) is 0 Å². The van der Waals surface area contributed by atoms with Gasteiger partial charge in [0.2, 0.25) is 0 Å². The van der Waals surface area contributed by atoms with Crippen LogP contribution in [0.3, 0.4) is 0 Å². The Kier molecular flexibility index (Phi) is 6.53. The Bertz CT molecular complexity index is 572. The molecule has 4 heteroatoms. The van der Waals surface area contributed by atoms with Crippen LogP contribution in [0.4, 0.5) is 5.69 Å². The highest BCUT2D eigenvalue weighted by Gasteiger charge is 2.16. The van der Waals surface area contributed by atoms with E-state index in [0.717, 1.165) is 31.7 Å². The van der Waals surface area contributed by atoms with Gasteiger partial charge in [0, 0.05) is 38.2 Å². The second-order valence-corrected chi connectivity index (χ2v) is 5.85. The first-order chi connectivity index (χ1) is 11.2. The van der Waals surface area contributed by atoms with E-state index in [4.69, 9.17) is 4.74 Å². The summed E-state index contributed by atoms with van der Waals surface area (Å²) in [5.41, 5.74) is 6.20. The predicted octanol–water partition coefficient (Wildman–Crippen LogP) is 3.57. The lowest BCUT2D eigenvalue weighted by atomic mass is 9.98. The molecule has 0 atom stereocenters. The van der Waals surface area contributed by atoms with E-state index >= 15 is 0 Å². The molecule has 0 radical (unpaired) electrons. The number of ether oxygens (including phenoxy) is 1. The van der Waals surface area contributed by atoms with Crippen LogP contribution in [0.2, 0.25) is 0 Å². The molecule has 1 saturated heterocycles. The van der Waals surface area contributed by atoms with Crippen molar-refractivity contribution < 1.29 is 4.74 Å². The Morgan fingerprint density at radius 1 is 1.35 bits per heavy atom. The first-order valence-electron chi connectivity index (χ1n) is 8.39. The molecule has 2 N–H and O–H groups in total. The fourth-order valence-corrected chi connectivity index (χ4v) is 2.84. The molecule has 1 aromatic carbocycles. The van der Waals surface area contributed by atoms with Gasteiger partial charge in [0.15, 0.2) is 0 Å². The lowest BCUT2D eigenvalue weighted by molar-refractivity contribution is 0.155. The van der Waals surface area contributed by atoms with Gasteiger partial charge in [0.1, 0.15) is 6.73 Å². The van der Waals surface area contributed by atoms with Gasteiger partial charge in [-0.1, -0.05) is 19.4 Å². The average molecular weight is 315 g/mol. The van der Waals surface area contributed by atoms with Crippen molar-refractivity contribution in [3.8, 4) is 0 Å². The molecule has 2 rings (SSSR count). The highest BCUT2D eigenvalue weighted by molar-refractivity contribution is 5.78. The smallest absolute Gasteiger partial charge is 0.118 e. The van der Waals surface area contributed by atoms with Gasteiger partial charge in [0.25, 0.3) is 0 Å². The fraction of sp³-hybridized carbons (Fsp3) is 0.474. The van der Waals surface area contributed by atoms with Crippen LogP contribution in [0.25, 0.3) is 5.57 Å². The van der Waals surface area contributed by atoms with Crippen molar-refractivity contribution in [1.29, 1.82) is 0 Å². The van der Waals surface area contributed by atoms with Crippen LogP contribution in [0.1, 0.15) is 30.9 Å². The van der Waals surface area contributed by atoms with Crippen LogP contribution >= 0.6 is 0 Å². The van der Waals surface area contributed by atoms with Gasteiger partial charge in [-0.2, -0.15) is 0 Å². The van der Waals surface area contributed by atoms with E-state index in [2.05, 4.69) is 59.9 Å². The summed E-state index contributed by atoms with van der Waals surface area (Å²) in [5, 5.41) is 6.42. The first-order valence-corrected chi connectivity index (χ1v) is 8.39. The Labute approximate surface area is 140 Å². The molecule has 0 aliphatic carbocycles. The van der Waals surface area contributed by atoms with E-state index < -0.39 is 0 Å². The van der Waals surface area contributed by atoms with Crippen LogP contribution in [-0.4, -0.2) is 38.9 Å². The number of aryl methyl sites for hydroxylation is 1. The first kappa shape index (κ1) is 17.4. The van der Waals surface area contributed by atoms with Crippen LogP contribution in [-0.2, 0) is 4.74 Å². The molecule has 0 aromatic heterocycles. The molecule has 1 aromatic rings.